The number of nitrogens with zero attached hydrogens (tertiary/aromatic N) is 4. The van der Waals surface area contributed by atoms with Gasteiger partial charge in [0.25, 0.3) is 0 Å². The van der Waals surface area contributed by atoms with Crippen molar-refractivity contribution in [1.82, 2.24) is 14.9 Å². The van der Waals surface area contributed by atoms with Gasteiger partial charge >= 0.3 is 6.61 Å². The Bertz CT molecular complexity index is 1670. The third-order valence-corrected chi connectivity index (χ3v) is 11.2. The number of halogens is 3. The Balaban J connectivity index is 1.06. The number of aromatic nitrogens is 2. The van der Waals surface area contributed by atoms with E-state index in [4.69, 9.17) is 11.6 Å². The summed E-state index contributed by atoms with van der Waals surface area (Å²) in [6.45, 7) is 1.20. The number of piperidine rings is 1. The van der Waals surface area contributed by atoms with Gasteiger partial charge < -0.3 is 19.9 Å². The van der Waals surface area contributed by atoms with Crippen LogP contribution in [-0.2, 0) is 17.4 Å². The molecule has 5 aliphatic rings. The second kappa shape index (κ2) is 9.90. The Kier molecular flexibility index (Phi) is 6.50. The Hall–Kier alpha value is -3.25. The maximum Gasteiger partial charge on any atom is 0.387 e. The predicted molar refractivity (Wildman–Crippen MR) is 158 cm³/mol. The molecule has 4 unspecified atom stereocenters. The quantitative estimate of drug-likeness (QED) is 0.231. The number of aryl methyl sites for hydroxylation is 2. The third kappa shape index (κ3) is 4.63. The van der Waals surface area contributed by atoms with E-state index in [1.807, 2.05) is 6.07 Å². The van der Waals surface area contributed by atoms with Gasteiger partial charge in [0.05, 0.1) is 23.4 Å². The fourth-order valence-electron chi connectivity index (χ4n) is 7.25. The lowest BCUT2D eigenvalue weighted by molar-refractivity contribution is -0.0497. The first-order chi connectivity index (χ1) is 20.1. The first-order valence-corrected chi connectivity index (χ1v) is 17.1. The van der Waals surface area contributed by atoms with Gasteiger partial charge in [-0.25, -0.2) is 4.98 Å². The lowest BCUT2D eigenvalue weighted by Crippen LogP contribution is -2.34. The van der Waals surface area contributed by atoms with Crippen LogP contribution in [0.15, 0.2) is 42.6 Å². The minimum absolute atomic E-state index is 0.00302. The maximum atomic E-state index is 13.0. The molecule has 2 saturated carbocycles. The van der Waals surface area contributed by atoms with E-state index in [1.165, 1.54) is 35.5 Å². The zero-order chi connectivity index (χ0) is 29.4. The summed E-state index contributed by atoms with van der Waals surface area (Å²) in [5, 5.41) is 16.5. The number of hydrogen-bond donors (Lipinski definition) is 2. The van der Waals surface area contributed by atoms with Gasteiger partial charge in [-0.3, -0.25) is 4.90 Å². The standard InChI is InChI=1S/C30H30ClF2N6O2P/c1-42(2,40)24-12-20(41-28(32)33)9-10-23(24)37-27-22(31)13-35-29(38-27)36-18-6-3-16-4-7-19(8-5-17(16)11-18)39-14-21-25-26(39)30(21,25)15-34/h3,6,9-13,19,21,25-26,28H,4-5,7-8,14H2,1-2H3,(H2,35,36,37,38)/t19-,21?,25?,26?,30?/m0/s1. The van der Waals surface area contributed by atoms with E-state index in [9.17, 15) is 18.6 Å². The predicted octanol–water partition coefficient (Wildman–Crippen LogP) is 6.17. The van der Waals surface area contributed by atoms with Gasteiger partial charge in [0.2, 0.25) is 5.95 Å². The van der Waals surface area contributed by atoms with Gasteiger partial charge in [-0.2, -0.15) is 19.0 Å². The molecule has 218 valence electrons. The van der Waals surface area contributed by atoms with Crippen LogP contribution >= 0.6 is 18.7 Å². The van der Waals surface area contributed by atoms with Crippen molar-refractivity contribution in [1.29, 1.82) is 5.26 Å². The summed E-state index contributed by atoms with van der Waals surface area (Å²) in [5.41, 5.74) is 3.95. The summed E-state index contributed by atoms with van der Waals surface area (Å²) >= 11 is 6.40. The second-order valence-corrected chi connectivity index (χ2v) is 15.7. The van der Waals surface area contributed by atoms with Gasteiger partial charge in [-0.05, 0) is 86.4 Å². The molecule has 0 radical (unpaired) electrons. The van der Waals surface area contributed by atoms with Crippen LogP contribution in [0.1, 0.15) is 24.0 Å². The second-order valence-electron chi connectivity index (χ2n) is 12.1. The van der Waals surface area contributed by atoms with Crippen molar-refractivity contribution in [3.05, 3.63) is 58.7 Å². The van der Waals surface area contributed by atoms with Gasteiger partial charge in [0.1, 0.15) is 17.9 Å². The van der Waals surface area contributed by atoms with Crippen molar-refractivity contribution in [2.75, 3.05) is 30.5 Å². The zero-order valence-electron chi connectivity index (χ0n) is 23.2. The average Bonchev–Trinajstić information content (AvgIpc) is 3.71. The van der Waals surface area contributed by atoms with E-state index >= 15 is 0 Å². The molecule has 2 bridgehead atoms. The SMILES string of the molecule is CP(C)(=O)c1cc(OC(F)F)ccc1Nc1nc(Nc2ccc3c(c2)CC[C@@H](N2CC4C5C2C45C#N)CC3)ncc1Cl. The van der Waals surface area contributed by atoms with Crippen molar-refractivity contribution >= 4 is 47.2 Å². The summed E-state index contributed by atoms with van der Waals surface area (Å²) in [4.78, 5) is 11.5. The highest BCUT2D eigenvalue weighted by Gasteiger charge is 2.93. The van der Waals surface area contributed by atoms with E-state index < -0.39 is 13.8 Å². The molecular formula is C30H30ClF2N6O2P. The molecule has 2 aromatic carbocycles. The Morgan fingerprint density at radius 1 is 1.17 bits per heavy atom. The number of rotatable bonds is 8. The summed E-state index contributed by atoms with van der Waals surface area (Å²) in [7, 11) is -2.88. The fourth-order valence-corrected chi connectivity index (χ4v) is 8.53. The summed E-state index contributed by atoms with van der Waals surface area (Å²) < 4.78 is 43.0. The van der Waals surface area contributed by atoms with Crippen LogP contribution in [0.3, 0.4) is 0 Å². The monoisotopic (exact) mass is 610 g/mol. The molecule has 4 fully saturated rings. The first-order valence-electron chi connectivity index (χ1n) is 14.1. The summed E-state index contributed by atoms with van der Waals surface area (Å²) in [6, 6.07) is 14.2. The maximum absolute atomic E-state index is 13.0. The van der Waals surface area contributed by atoms with Gasteiger partial charge in [0.15, 0.2) is 5.82 Å². The molecule has 1 aromatic heterocycles. The van der Waals surface area contributed by atoms with Gasteiger partial charge in [0, 0.05) is 35.5 Å². The molecule has 2 aliphatic heterocycles. The number of anilines is 4. The van der Waals surface area contributed by atoms with E-state index in [0.29, 0.717) is 40.9 Å². The van der Waals surface area contributed by atoms with Crippen LogP contribution in [0.25, 0.3) is 0 Å². The largest absolute Gasteiger partial charge is 0.435 e. The number of nitrogens with one attached hydrogen (secondary N) is 2. The number of benzene rings is 2. The molecule has 0 spiro atoms. The highest BCUT2D eigenvalue weighted by atomic mass is 35.5. The smallest absolute Gasteiger partial charge is 0.387 e. The number of fused-ring (bicyclic) bond motifs is 2. The zero-order valence-corrected chi connectivity index (χ0v) is 24.8. The van der Waals surface area contributed by atoms with Crippen LogP contribution in [0, 0.1) is 28.6 Å². The number of hydrogen-bond acceptors (Lipinski definition) is 8. The number of ether oxygens (including phenoxy) is 1. The number of alkyl halides is 2. The first kappa shape index (κ1) is 27.6. The van der Waals surface area contributed by atoms with Crippen LogP contribution in [0.4, 0.5) is 31.9 Å². The molecule has 3 aliphatic carbocycles. The molecule has 8 rings (SSSR count). The fraction of sp³-hybridized carbons (Fsp3) is 0.433. The van der Waals surface area contributed by atoms with E-state index in [2.05, 4.69) is 48.4 Å². The number of nitriles is 1. The molecule has 42 heavy (non-hydrogen) atoms. The van der Waals surface area contributed by atoms with Crippen molar-refractivity contribution < 1.29 is 18.1 Å². The lowest BCUT2D eigenvalue weighted by Gasteiger charge is -2.26. The molecule has 5 atom stereocenters. The molecule has 2 N–H and O–H groups in total. The van der Waals surface area contributed by atoms with Crippen LogP contribution in [-0.4, -0.2) is 53.4 Å². The topological polar surface area (TPSA) is 103 Å². The molecule has 3 heterocycles. The van der Waals surface area contributed by atoms with Crippen LogP contribution in [0.5, 0.6) is 5.75 Å². The van der Waals surface area contributed by atoms with Crippen LogP contribution < -0.4 is 20.7 Å². The minimum Gasteiger partial charge on any atom is -0.435 e. The normalized spacial score (nSPS) is 27.5. The average molecular weight is 611 g/mol. The molecule has 8 nitrogen and oxygen atoms in total. The van der Waals surface area contributed by atoms with Gasteiger partial charge in [-0.15, -0.1) is 0 Å². The molecule has 12 heteroatoms. The molecule has 2 saturated heterocycles. The van der Waals surface area contributed by atoms with E-state index in [-0.39, 0.29) is 22.0 Å². The van der Waals surface area contributed by atoms with Crippen molar-refractivity contribution in [3.8, 4) is 11.8 Å². The highest BCUT2D eigenvalue weighted by molar-refractivity contribution is 7.70. The Morgan fingerprint density at radius 2 is 1.95 bits per heavy atom. The summed E-state index contributed by atoms with van der Waals surface area (Å²) in [6.07, 6.45) is 5.67. The van der Waals surface area contributed by atoms with Crippen molar-refractivity contribution in [2.45, 2.75) is 44.4 Å². The molecule has 0 amide bonds. The lowest BCUT2D eigenvalue weighted by atomic mass is 10.0. The Labute approximate surface area is 247 Å². The third-order valence-electron chi connectivity index (χ3n) is 9.37. The van der Waals surface area contributed by atoms with E-state index in [0.717, 1.165) is 37.9 Å². The van der Waals surface area contributed by atoms with E-state index in [1.54, 1.807) is 13.3 Å². The highest BCUT2D eigenvalue weighted by Crippen LogP contribution is 2.85. The van der Waals surface area contributed by atoms with Gasteiger partial charge in [-0.1, -0.05) is 17.7 Å². The van der Waals surface area contributed by atoms with Crippen molar-refractivity contribution in [2.24, 2.45) is 17.3 Å². The molecular weight excluding hydrogens is 581 g/mol. The van der Waals surface area contributed by atoms with Crippen LogP contribution in [0.2, 0.25) is 5.02 Å². The van der Waals surface area contributed by atoms with Crippen molar-refractivity contribution in [3.63, 3.8) is 0 Å². The molecule has 3 aromatic rings. The minimum atomic E-state index is -2.99. The summed E-state index contributed by atoms with van der Waals surface area (Å²) in [5.74, 6) is 1.79. The Morgan fingerprint density at radius 3 is 2.64 bits per heavy atom.